The van der Waals surface area contributed by atoms with Crippen LogP contribution in [-0.2, 0) is 4.79 Å². The van der Waals surface area contributed by atoms with Gasteiger partial charge in [-0.2, -0.15) is 0 Å². The summed E-state index contributed by atoms with van der Waals surface area (Å²) in [6.07, 6.45) is 5.25. The Kier molecular flexibility index (Phi) is 5.56. The molecule has 1 aliphatic rings. The Morgan fingerprint density at radius 1 is 1.50 bits per heavy atom. The fourth-order valence-electron chi connectivity index (χ4n) is 2.24. The van der Waals surface area contributed by atoms with E-state index in [0.717, 1.165) is 31.6 Å². The molecule has 94 valence electrons. The second-order valence-corrected chi connectivity index (χ2v) is 5.17. The van der Waals surface area contributed by atoms with E-state index in [4.69, 9.17) is 11.6 Å². The molecule has 0 atom stereocenters. The smallest absolute Gasteiger partial charge is 0.221 e. The van der Waals surface area contributed by atoms with Crippen LogP contribution < -0.4 is 5.32 Å². The number of nitrogens with one attached hydrogen (secondary N) is 1. The summed E-state index contributed by atoms with van der Waals surface area (Å²) in [5.41, 5.74) is -0.687. The second-order valence-electron chi connectivity index (χ2n) is 4.79. The van der Waals surface area contributed by atoms with Crippen LogP contribution in [0.25, 0.3) is 0 Å². The zero-order chi connectivity index (χ0) is 12.0. The summed E-state index contributed by atoms with van der Waals surface area (Å²) in [6.45, 7) is 2.57. The van der Waals surface area contributed by atoms with Crippen molar-refractivity contribution in [1.82, 2.24) is 5.32 Å². The van der Waals surface area contributed by atoms with Gasteiger partial charge in [0.15, 0.2) is 0 Å². The minimum Gasteiger partial charge on any atom is -0.388 e. The minimum absolute atomic E-state index is 0.0685. The van der Waals surface area contributed by atoms with Gasteiger partial charge in [0.05, 0.1) is 5.60 Å². The molecule has 1 aliphatic carbocycles. The Balaban J connectivity index is 2.28. The monoisotopic (exact) mass is 247 g/mol. The van der Waals surface area contributed by atoms with E-state index >= 15 is 0 Å². The third kappa shape index (κ3) is 4.30. The first-order chi connectivity index (χ1) is 7.59. The van der Waals surface area contributed by atoms with Gasteiger partial charge >= 0.3 is 0 Å². The van der Waals surface area contributed by atoms with Gasteiger partial charge in [-0.15, -0.1) is 11.6 Å². The quantitative estimate of drug-likeness (QED) is 0.731. The third-order valence-electron chi connectivity index (χ3n) is 3.55. The summed E-state index contributed by atoms with van der Waals surface area (Å²) in [6, 6.07) is 0. The van der Waals surface area contributed by atoms with Crippen LogP contribution in [0.15, 0.2) is 0 Å². The van der Waals surface area contributed by atoms with Crippen molar-refractivity contribution in [2.45, 2.75) is 51.0 Å². The van der Waals surface area contributed by atoms with Gasteiger partial charge in [-0.3, -0.25) is 4.79 Å². The molecule has 0 bridgehead atoms. The second kappa shape index (κ2) is 6.45. The molecule has 0 spiro atoms. The predicted molar refractivity (Wildman–Crippen MR) is 65.5 cm³/mol. The fraction of sp³-hybridized carbons (Fsp3) is 0.917. The normalized spacial score (nSPS) is 30.1. The molecule has 1 rings (SSSR count). The summed E-state index contributed by atoms with van der Waals surface area (Å²) in [4.78, 5) is 11.2. The molecule has 0 aromatic carbocycles. The first kappa shape index (κ1) is 13.8. The number of carbonyl (C=O) groups excluding carboxylic acids is 1. The average Bonchev–Trinajstić information content (AvgIpc) is 2.28. The first-order valence-electron chi connectivity index (χ1n) is 6.14. The van der Waals surface area contributed by atoms with E-state index in [2.05, 4.69) is 12.2 Å². The zero-order valence-corrected chi connectivity index (χ0v) is 10.7. The lowest BCUT2D eigenvalue weighted by molar-refractivity contribution is -0.122. The van der Waals surface area contributed by atoms with Gasteiger partial charge in [-0.25, -0.2) is 0 Å². The maximum atomic E-state index is 11.2. The van der Waals surface area contributed by atoms with Crippen molar-refractivity contribution in [1.29, 1.82) is 0 Å². The number of carbonyl (C=O) groups is 1. The standard InChI is InChI=1S/C12H22ClNO2/c1-2-10-3-6-12(16,7-4-10)9-14-11(15)5-8-13/h10,16H,2-9H2,1H3,(H,14,15). The van der Waals surface area contributed by atoms with Gasteiger partial charge in [-0.1, -0.05) is 13.3 Å². The van der Waals surface area contributed by atoms with E-state index in [-0.39, 0.29) is 5.91 Å². The van der Waals surface area contributed by atoms with Crippen molar-refractivity contribution < 1.29 is 9.90 Å². The lowest BCUT2D eigenvalue weighted by Crippen LogP contribution is -2.45. The van der Waals surface area contributed by atoms with Crippen LogP contribution in [0.5, 0.6) is 0 Å². The number of halogens is 1. The van der Waals surface area contributed by atoms with Gasteiger partial charge in [-0.05, 0) is 31.6 Å². The molecule has 16 heavy (non-hydrogen) atoms. The highest BCUT2D eigenvalue weighted by atomic mass is 35.5. The molecule has 0 saturated heterocycles. The Labute approximate surface area is 103 Å². The van der Waals surface area contributed by atoms with Crippen LogP contribution in [0.1, 0.15) is 45.4 Å². The third-order valence-corrected chi connectivity index (χ3v) is 3.74. The van der Waals surface area contributed by atoms with Gasteiger partial charge in [0.2, 0.25) is 5.91 Å². The van der Waals surface area contributed by atoms with E-state index in [1.54, 1.807) is 0 Å². The molecule has 1 amide bonds. The molecule has 3 nitrogen and oxygen atoms in total. The van der Waals surface area contributed by atoms with E-state index in [1.165, 1.54) is 6.42 Å². The van der Waals surface area contributed by atoms with E-state index in [1.807, 2.05) is 0 Å². The number of rotatable bonds is 5. The Morgan fingerprint density at radius 2 is 2.12 bits per heavy atom. The molecule has 2 N–H and O–H groups in total. The molecule has 0 aliphatic heterocycles. The molecule has 0 aromatic rings. The summed E-state index contributed by atoms with van der Waals surface area (Å²) in [5.74, 6) is 1.02. The van der Waals surface area contributed by atoms with Crippen LogP contribution in [0.2, 0.25) is 0 Å². The van der Waals surface area contributed by atoms with Gasteiger partial charge in [0, 0.05) is 18.8 Å². The largest absolute Gasteiger partial charge is 0.388 e. The van der Waals surface area contributed by atoms with Gasteiger partial charge in [0.25, 0.3) is 0 Å². The molecular formula is C12H22ClNO2. The average molecular weight is 248 g/mol. The fourth-order valence-corrected chi connectivity index (χ4v) is 2.41. The number of alkyl halides is 1. The minimum atomic E-state index is -0.687. The van der Waals surface area contributed by atoms with Crippen molar-refractivity contribution in [3.05, 3.63) is 0 Å². The highest BCUT2D eigenvalue weighted by Gasteiger charge is 2.32. The molecule has 1 saturated carbocycles. The maximum absolute atomic E-state index is 11.2. The van der Waals surface area contributed by atoms with E-state index in [0.29, 0.717) is 18.8 Å². The van der Waals surface area contributed by atoms with Crippen molar-refractivity contribution >= 4 is 17.5 Å². The number of amides is 1. The van der Waals surface area contributed by atoms with E-state index < -0.39 is 5.60 Å². The van der Waals surface area contributed by atoms with E-state index in [9.17, 15) is 9.90 Å². The summed E-state index contributed by atoms with van der Waals surface area (Å²) >= 11 is 5.47. The first-order valence-corrected chi connectivity index (χ1v) is 6.68. The maximum Gasteiger partial charge on any atom is 0.221 e. The highest BCUT2D eigenvalue weighted by Crippen LogP contribution is 2.33. The summed E-state index contributed by atoms with van der Waals surface area (Å²) in [5, 5.41) is 13.0. The van der Waals surface area contributed by atoms with Crippen molar-refractivity contribution in [3.8, 4) is 0 Å². The van der Waals surface area contributed by atoms with Crippen LogP contribution in [0.4, 0.5) is 0 Å². The Morgan fingerprint density at radius 3 is 2.62 bits per heavy atom. The summed E-state index contributed by atoms with van der Waals surface area (Å²) in [7, 11) is 0. The zero-order valence-electron chi connectivity index (χ0n) is 9.97. The molecule has 0 unspecified atom stereocenters. The topological polar surface area (TPSA) is 49.3 Å². The van der Waals surface area contributed by atoms with Crippen molar-refractivity contribution in [2.75, 3.05) is 12.4 Å². The molecular weight excluding hydrogens is 226 g/mol. The predicted octanol–water partition coefficient (Wildman–Crippen LogP) is 2.06. The lowest BCUT2D eigenvalue weighted by Gasteiger charge is -2.35. The molecule has 0 aromatic heterocycles. The van der Waals surface area contributed by atoms with Crippen LogP contribution in [0.3, 0.4) is 0 Å². The van der Waals surface area contributed by atoms with Crippen LogP contribution in [0, 0.1) is 5.92 Å². The van der Waals surface area contributed by atoms with Gasteiger partial charge in [0.1, 0.15) is 0 Å². The number of aliphatic hydroxyl groups is 1. The SMILES string of the molecule is CCC1CCC(O)(CNC(=O)CCCl)CC1. The Bertz CT molecular complexity index is 225. The molecule has 0 heterocycles. The van der Waals surface area contributed by atoms with Gasteiger partial charge < -0.3 is 10.4 Å². The summed E-state index contributed by atoms with van der Waals surface area (Å²) < 4.78 is 0. The Hall–Kier alpha value is -0.280. The molecule has 0 radical (unpaired) electrons. The molecule has 1 fully saturated rings. The lowest BCUT2D eigenvalue weighted by atomic mass is 9.78. The van der Waals surface area contributed by atoms with Crippen molar-refractivity contribution in [3.63, 3.8) is 0 Å². The van der Waals surface area contributed by atoms with Crippen LogP contribution in [-0.4, -0.2) is 29.0 Å². The highest BCUT2D eigenvalue weighted by molar-refractivity contribution is 6.18. The number of hydrogen-bond acceptors (Lipinski definition) is 2. The van der Waals surface area contributed by atoms with Crippen LogP contribution >= 0.6 is 11.6 Å². The number of hydrogen-bond donors (Lipinski definition) is 2. The van der Waals surface area contributed by atoms with Crippen molar-refractivity contribution in [2.24, 2.45) is 5.92 Å². The molecule has 4 heteroatoms.